The number of nitrogens with one attached hydrogen (secondary N) is 1. The van der Waals surface area contributed by atoms with E-state index in [2.05, 4.69) is 31.9 Å². The normalized spacial score (nSPS) is 15.3. The molecule has 4 aromatic rings. The topological polar surface area (TPSA) is 82.2 Å². The molecular formula is C21H25N7O. The fraction of sp³-hybridized carbons (Fsp3) is 0.429. The molecule has 4 aromatic heterocycles. The number of imidazole rings is 1. The van der Waals surface area contributed by atoms with Crippen molar-refractivity contribution in [3.63, 3.8) is 0 Å². The predicted octanol–water partition coefficient (Wildman–Crippen LogP) is 3.31. The van der Waals surface area contributed by atoms with E-state index in [0.717, 1.165) is 46.2 Å². The SMILES string of the molecule is COCCn1c(C)nc2ccc(-c3ccn4nc(N[C@@H](C)C5CC5)ncc34)nc21. The molecule has 5 rings (SSSR count). The van der Waals surface area contributed by atoms with Crippen LogP contribution in [0.1, 0.15) is 25.6 Å². The number of fused-ring (bicyclic) bond motifs is 2. The molecule has 1 aliphatic rings. The lowest BCUT2D eigenvalue weighted by Crippen LogP contribution is -2.19. The van der Waals surface area contributed by atoms with Gasteiger partial charge in [-0.25, -0.2) is 19.5 Å². The summed E-state index contributed by atoms with van der Waals surface area (Å²) in [6, 6.07) is 6.47. The molecule has 29 heavy (non-hydrogen) atoms. The summed E-state index contributed by atoms with van der Waals surface area (Å²) >= 11 is 0. The maximum absolute atomic E-state index is 5.23. The number of nitrogens with zero attached hydrogens (tertiary/aromatic N) is 6. The predicted molar refractivity (Wildman–Crippen MR) is 112 cm³/mol. The van der Waals surface area contributed by atoms with Gasteiger partial charge in [-0.15, -0.1) is 5.10 Å². The maximum Gasteiger partial charge on any atom is 0.241 e. The van der Waals surface area contributed by atoms with Gasteiger partial charge in [0, 0.05) is 31.5 Å². The van der Waals surface area contributed by atoms with Gasteiger partial charge >= 0.3 is 0 Å². The van der Waals surface area contributed by atoms with Gasteiger partial charge in [0.05, 0.1) is 24.0 Å². The Morgan fingerprint density at radius 2 is 2.10 bits per heavy atom. The van der Waals surface area contributed by atoms with Gasteiger partial charge in [-0.1, -0.05) is 0 Å². The molecule has 1 fully saturated rings. The van der Waals surface area contributed by atoms with Crippen LogP contribution in [0, 0.1) is 12.8 Å². The van der Waals surface area contributed by atoms with E-state index in [4.69, 9.17) is 9.72 Å². The lowest BCUT2D eigenvalue weighted by Gasteiger charge is -2.12. The second kappa shape index (κ2) is 7.11. The largest absolute Gasteiger partial charge is 0.383 e. The Labute approximate surface area is 168 Å². The number of aromatic nitrogens is 6. The number of rotatable bonds is 7. The summed E-state index contributed by atoms with van der Waals surface area (Å²) in [6.07, 6.45) is 6.40. The van der Waals surface area contributed by atoms with E-state index in [1.165, 1.54) is 12.8 Å². The van der Waals surface area contributed by atoms with Gasteiger partial charge in [-0.3, -0.25) is 0 Å². The van der Waals surface area contributed by atoms with Crippen molar-refractivity contribution < 1.29 is 4.74 Å². The minimum Gasteiger partial charge on any atom is -0.383 e. The van der Waals surface area contributed by atoms with Crippen LogP contribution in [0.4, 0.5) is 5.95 Å². The number of aryl methyl sites for hydroxylation is 1. The molecule has 1 atom stereocenters. The van der Waals surface area contributed by atoms with Crippen LogP contribution >= 0.6 is 0 Å². The number of hydrogen-bond donors (Lipinski definition) is 1. The summed E-state index contributed by atoms with van der Waals surface area (Å²) in [5.41, 5.74) is 4.58. The Morgan fingerprint density at radius 3 is 2.90 bits per heavy atom. The summed E-state index contributed by atoms with van der Waals surface area (Å²) in [5, 5.41) is 8.05. The average Bonchev–Trinajstić information content (AvgIpc) is 3.42. The van der Waals surface area contributed by atoms with Crippen molar-refractivity contribution in [2.24, 2.45) is 5.92 Å². The zero-order valence-electron chi connectivity index (χ0n) is 17.0. The van der Waals surface area contributed by atoms with E-state index >= 15 is 0 Å². The molecule has 1 N–H and O–H groups in total. The van der Waals surface area contributed by atoms with Crippen molar-refractivity contribution in [3.05, 3.63) is 36.4 Å². The number of anilines is 1. The van der Waals surface area contributed by atoms with Crippen LogP contribution in [0.3, 0.4) is 0 Å². The fourth-order valence-corrected chi connectivity index (χ4v) is 3.82. The van der Waals surface area contributed by atoms with Gasteiger partial charge in [-0.2, -0.15) is 0 Å². The molecule has 0 aliphatic heterocycles. The molecule has 0 unspecified atom stereocenters. The first kappa shape index (κ1) is 18.1. The molecule has 8 nitrogen and oxygen atoms in total. The molecule has 0 radical (unpaired) electrons. The number of ether oxygens (including phenoxy) is 1. The van der Waals surface area contributed by atoms with Crippen LogP contribution in [0.15, 0.2) is 30.6 Å². The van der Waals surface area contributed by atoms with Crippen molar-refractivity contribution in [1.82, 2.24) is 29.1 Å². The van der Waals surface area contributed by atoms with Crippen LogP contribution < -0.4 is 5.32 Å². The first-order valence-electron chi connectivity index (χ1n) is 10.1. The minimum absolute atomic E-state index is 0.405. The highest BCUT2D eigenvalue weighted by molar-refractivity contribution is 5.82. The Balaban J connectivity index is 1.50. The molecule has 1 aliphatic carbocycles. The van der Waals surface area contributed by atoms with Crippen molar-refractivity contribution in [3.8, 4) is 11.3 Å². The summed E-state index contributed by atoms with van der Waals surface area (Å²) in [4.78, 5) is 14.1. The van der Waals surface area contributed by atoms with Crippen LogP contribution in [0.25, 0.3) is 27.9 Å². The number of pyridine rings is 1. The van der Waals surface area contributed by atoms with E-state index in [-0.39, 0.29) is 0 Å². The maximum atomic E-state index is 5.23. The van der Waals surface area contributed by atoms with E-state index in [0.29, 0.717) is 18.6 Å². The van der Waals surface area contributed by atoms with Crippen molar-refractivity contribution in [1.29, 1.82) is 0 Å². The van der Waals surface area contributed by atoms with Crippen LogP contribution in [-0.2, 0) is 11.3 Å². The zero-order valence-corrected chi connectivity index (χ0v) is 17.0. The zero-order chi connectivity index (χ0) is 20.0. The molecule has 150 valence electrons. The highest BCUT2D eigenvalue weighted by Crippen LogP contribution is 2.33. The first-order valence-corrected chi connectivity index (χ1v) is 10.1. The van der Waals surface area contributed by atoms with Crippen LogP contribution in [0.2, 0.25) is 0 Å². The van der Waals surface area contributed by atoms with Gasteiger partial charge in [0.25, 0.3) is 0 Å². The highest BCUT2D eigenvalue weighted by Gasteiger charge is 2.28. The van der Waals surface area contributed by atoms with E-state index < -0.39 is 0 Å². The quantitative estimate of drug-likeness (QED) is 0.520. The number of hydrogen-bond acceptors (Lipinski definition) is 6. The Morgan fingerprint density at radius 1 is 1.24 bits per heavy atom. The van der Waals surface area contributed by atoms with Crippen molar-refractivity contribution >= 4 is 22.6 Å². The molecule has 0 aromatic carbocycles. The minimum atomic E-state index is 0.405. The average molecular weight is 391 g/mol. The second-order valence-corrected chi connectivity index (χ2v) is 7.75. The highest BCUT2D eigenvalue weighted by atomic mass is 16.5. The monoisotopic (exact) mass is 391 g/mol. The standard InChI is InChI=1S/C21H25N7O/c1-13(15-4-5-15)23-21-22-12-19-16(8-9-28(19)26-21)17-6-7-18-20(25-17)27(10-11-29-3)14(2)24-18/h6-9,12-13,15H,4-5,10-11H2,1-3H3,(H,23,26)/t13-/m0/s1. The van der Waals surface area contributed by atoms with Gasteiger partial charge in [0.2, 0.25) is 5.95 Å². The molecule has 0 amide bonds. The van der Waals surface area contributed by atoms with E-state index in [9.17, 15) is 0 Å². The lowest BCUT2D eigenvalue weighted by atomic mass is 10.2. The third-order valence-electron chi connectivity index (χ3n) is 5.68. The molecule has 0 saturated heterocycles. The Kier molecular flexibility index (Phi) is 4.43. The summed E-state index contributed by atoms with van der Waals surface area (Å²) in [5.74, 6) is 2.35. The van der Waals surface area contributed by atoms with E-state index in [1.807, 2.05) is 42.0 Å². The third kappa shape index (κ3) is 3.33. The summed E-state index contributed by atoms with van der Waals surface area (Å²) in [7, 11) is 1.70. The van der Waals surface area contributed by atoms with Crippen molar-refractivity contribution in [2.75, 3.05) is 19.0 Å². The lowest BCUT2D eigenvalue weighted by molar-refractivity contribution is 0.187. The fourth-order valence-electron chi connectivity index (χ4n) is 3.82. The van der Waals surface area contributed by atoms with E-state index in [1.54, 1.807) is 7.11 Å². The smallest absolute Gasteiger partial charge is 0.241 e. The van der Waals surface area contributed by atoms with Crippen molar-refractivity contribution in [2.45, 2.75) is 39.3 Å². The summed E-state index contributed by atoms with van der Waals surface area (Å²) < 4.78 is 9.19. The van der Waals surface area contributed by atoms with Crippen LogP contribution in [-0.4, -0.2) is 48.9 Å². The first-order chi connectivity index (χ1) is 14.1. The van der Waals surface area contributed by atoms with Gasteiger partial charge in [-0.05, 0) is 50.8 Å². The second-order valence-electron chi connectivity index (χ2n) is 7.75. The number of methoxy groups -OCH3 is 1. The van der Waals surface area contributed by atoms with Crippen LogP contribution in [0.5, 0.6) is 0 Å². The van der Waals surface area contributed by atoms with Gasteiger partial charge in [0.1, 0.15) is 11.3 Å². The molecule has 0 spiro atoms. The summed E-state index contributed by atoms with van der Waals surface area (Å²) in [6.45, 7) is 5.54. The Hall–Kier alpha value is -3.00. The van der Waals surface area contributed by atoms with Gasteiger partial charge in [0.15, 0.2) is 5.65 Å². The molecule has 8 heteroatoms. The molecule has 4 heterocycles. The van der Waals surface area contributed by atoms with Gasteiger partial charge < -0.3 is 14.6 Å². The molecular weight excluding hydrogens is 366 g/mol. The Bertz CT molecular complexity index is 1170. The third-order valence-corrected chi connectivity index (χ3v) is 5.68. The molecule has 1 saturated carbocycles. The molecule has 0 bridgehead atoms.